The number of rotatable bonds is 6. The first-order valence-corrected chi connectivity index (χ1v) is 9.03. The number of nitrogens with zero attached hydrogens (tertiary/aromatic N) is 3. The van der Waals surface area contributed by atoms with E-state index in [2.05, 4.69) is 33.8 Å². The molecule has 4 nitrogen and oxygen atoms in total. The molecule has 6 heteroatoms. The molecule has 0 amide bonds. The fourth-order valence-corrected chi connectivity index (χ4v) is 3.64. The minimum absolute atomic E-state index is 0.302. The molecular weight excluding hydrogens is 318 g/mol. The van der Waals surface area contributed by atoms with Crippen molar-refractivity contribution >= 4 is 23.4 Å². The van der Waals surface area contributed by atoms with Crippen molar-refractivity contribution in [1.82, 2.24) is 14.8 Å². The summed E-state index contributed by atoms with van der Waals surface area (Å²) in [6.45, 7) is 3.85. The van der Waals surface area contributed by atoms with Crippen LogP contribution in [0.15, 0.2) is 29.4 Å². The summed E-state index contributed by atoms with van der Waals surface area (Å²) in [6, 6.07) is 7.95. The number of thioether (sulfide) groups is 1. The predicted octanol–water partition coefficient (Wildman–Crippen LogP) is 3.97. The maximum Gasteiger partial charge on any atom is 0.191 e. The Kier molecular flexibility index (Phi) is 5.39. The van der Waals surface area contributed by atoms with Crippen LogP contribution in [-0.4, -0.2) is 27.5 Å². The Bertz CT molecular complexity index is 608. The molecule has 0 aliphatic carbocycles. The molecule has 0 saturated carbocycles. The molecular formula is C16H20ClN3OS. The van der Waals surface area contributed by atoms with Crippen molar-refractivity contribution in [3.8, 4) is 0 Å². The number of aryl methyl sites for hydroxylation is 1. The number of benzene rings is 1. The summed E-state index contributed by atoms with van der Waals surface area (Å²) in [7, 11) is 0. The highest BCUT2D eigenvalue weighted by molar-refractivity contribution is 7.98. The number of ether oxygens (including phenoxy) is 1. The summed E-state index contributed by atoms with van der Waals surface area (Å²) in [6.07, 6.45) is 3.47. The van der Waals surface area contributed by atoms with Gasteiger partial charge in [0, 0.05) is 23.8 Å². The van der Waals surface area contributed by atoms with Crippen molar-refractivity contribution in [2.45, 2.75) is 49.7 Å². The first-order chi connectivity index (χ1) is 10.8. The Morgan fingerprint density at radius 2 is 2.14 bits per heavy atom. The van der Waals surface area contributed by atoms with Gasteiger partial charge in [0.25, 0.3) is 0 Å². The second-order valence-electron chi connectivity index (χ2n) is 5.41. The smallest absolute Gasteiger partial charge is 0.191 e. The van der Waals surface area contributed by atoms with Crippen LogP contribution in [0.1, 0.15) is 31.2 Å². The molecule has 0 bridgehead atoms. The van der Waals surface area contributed by atoms with Crippen LogP contribution in [0.4, 0.5) is 0 Å². The third-order valence-corrected chi connectivity index (χ3v) is 5.09. The first kappa shape index (κ1) is 15.8. The summed E-state index contributed by atoms with van der Waals surface area (Å²) in [4.78, 5) is 0. The lowest BCUT2D eigenvalue weighted by atomic mass is 10.2. The van der Waals surface area contributed by atoms with E-state index < -0.39 is 0 Å². The van der Waals surface area contributed by atoms with E-state index in [-0.39, 0.29) is 0 Å². The molecule has 0 radical (unpaired) electrons. The van der Waals surface area contributed by atoms with Gasteiger partial charge in [-0.3, -0.25) is 0 Å². The molecule has 118 valence electrons. The highest BCUT2D eigenvalue weighted by Gasteiger charge is 2.20. The van der Waals surface area contributed by atoms with E-state index >= 15 is 0 Å². The Hall–Kier alpha value is -1.04. The highest BCUT2D eigenvalue weighted by atomic mass is 35.5. The summed E-state index contributed by atoms with van der Waals surface area (Å²) < 4.78 is 7.98. The summed E-state index contributed by atoms with van der Waals surface area (Å²) in [5, 5.41) is 10.4. The van der Waals surface area contributed by atoms with Crippen LogP contribution < -0.4 is 0 Å². The van der Waals surface area contributed by atoms with Gasteiger partial charge in [-0.05, 0) is 30.5 Å². The summed E-state index contributed by atoms with van der Waals surface area (Å²) in [5.74, 6) is 1.90. The van der Waals surface area contributed by atoms with Gasteiger partial charge in [0.05, 0.1) is 12.6 Å². The predicted molar refractivity (Wildman–Crippen MR) is 89.4 cm³/mol. The third kappa shape index (κ3) is 3.83. The molecule has 1 atom stereocenters. The molecule has 1 saturated heterocycles. The molecule has 2 aromatic rings. The maximum atomic E-state index is 5.92. The molecule has 1 unspecified atom stereocenters. The van der Waals surface area contributed by atoms with Crippen LogP contribution in [0.3, 0.4) is 0 Å². The second-order valence-corrected chi connectivity index (χ2v) is 6.79. The van der Waals surface area contributed by atoms with Crippen LogP contribution in [-0.2, 0) is 23.5 Å². The monoisotopic (exact) mass is 337 g/mol. The number of hydrogen-bond donors (Lipinski definition) is 0. The van der Waals surface area contributed by atoms with Gasteiger partial charge in [0.15, 0.2) is 5.16 Å². The van der Waals surface area contributed by atoms with Crippen molar-refractivity contribution in [2.24, 2.45) is 0 Å². The Morgan fingerprint density at radius 1 is 1.32 bits per heavy atom. The van der Waals surface area contributed by atoms with E-state index in [1.54, 1.807) is 11.8 Å². The zero-order valence-electron chi connectivity index (χ0n) is 12.7. The van der Waals surface area contributed by atoms with Crippen molar-refractivity contribution in [3.63, 3.8) is 0 Å². The number of hydrogen-bond acceptors (Lipinski definition) is 4. The summed E-state index contributed by atoms with van der Waals surface area (Å²) >= 11 is 7.64. The fraction of sp³-hybridized carbons (Fsp3) is 0.500. The molecule has 0 N–H and O–H groups in total. The minimum atomic E-state index is 0.302. The van der Waals surface area contributed by atoms with E-state index in [1.807, 2.05) is 12.1 Å². The molecule has 22 heavy (non-hydrogen) atoms. The SMILES string of the molecule is CCc1nnc(SCc2ccc(Cl)cc2)n1CC1CCCO1. The topological polar surface area (TPSA) is 39.9 Å². The van der Waals surface area contributed by atoms with Gasteiger partial charge in [0.2, 0.25) is 0 Å². The molecule has 2 heterocycles. The molecule has 0 spiro atoms. The minimum Gasteiger partial charge on any atom is -0.376 e. The Balaban J connectivity index is 1.69. The van der Waals surface area contributed by atoms with E-state index in [9.17, 15) is 0 Å². The zero-order chi connectivity index (χ0) is 15.4. The van der Waals surface area contributed by atoms with Gasteiger partial charge in [-0.2, -0.15) is 0 Å². The van der Waals surface area contributed by atoms with Crippen molar-refractivity contribution in [2.75, 3.05) is 6.61 Å². The normalized spacial score (nSPS) is 18.0. The van der Waals surface area contributed by atoms with Crippen molar-refractivity contribution in [1.29, 1.82) is 0 Å². The zero-order valence-corrected chi connectivity index (χ0v) is 14.2. The molecule has 1 aromatic carbocycles. The lowest BCUT2D eigenvalue weighted by molar-refractivity contribution is 0.0942. The van der Waals surface area contributed by atoms with Crippen LogP contribution in [0.25, 0.3) is 0 Å². The standard InChI is InChI=1S/C16H20ClN3OS/c1-2-15-18-19-16(20(15)10-14-4-3-9-21-14)22-11-12-5-7-13(17)8-6-12/h5-8,14H,2-4,9-11H2,1H3. The second kappa shape index (κ2) is 7.49. The van der Waals surface area contributed by atoms with Gasteiger partial charge in [-0.25, -0.2) is 0 Å². The number of halogens is 1. The lowest BCUT2D eigenvalue weighted by Crippen LogP contribution is -2.17. The fourth-order valence-electron chi connectivity index (χ4n) is 2.59. The van der Waals surface area contributed by atoms with E-state index in [0.29, 0.717) is 6.10 Å². The number of aromatic nitrogens is 3. The van der Waals surface area contributed by atoms with Gasteiger partial charge in [0.1, 0.15) is 5.82 Å². The van der Waals surface area contributed by atoms with E-state index in [0.717, 1.165) is 54.2 Å². The largest absolute Gasteiger partial charge is 0.376 e. The summed E-state index contributed by atoms with van der Waals surface area (Å²) in [5.41, 5.74) is 1.24. The van der Waals surface area contributed by atoms with Crippen molar-refractivity contribution in [3.05, 3.63) is 40.7 Å². The average Bonchev–Trinajstić information content (AvgIpc) is 3.17. The molecule has 1 aliphatic rings. The lowest BCUT2D eigenvalue weighted by Gasteiger charge is -2.14. The quantitative estimate of drug-likeness (QED) is 0.748. The Morgan fingerprint density at radius 3 is 2.82 bits per heavy atom. The van der Waals surface area contributed by atoms with Crippen LogP contribution in [0.5, 0.6) is 0 Å². The van der Waals surface area contributed by atoms with Crippen LogP contribution in [0.2, 0.25) is 5.02 Å². The van der Waals surface area contributed by atoms with Crippen molar-refractivity contribution < 1.29 is 4.74 Å². The molecule has 1 aliphatic heterocycles. The van der Waals surface area contributed by atoms with Gasteiger partial charge >= 0.3 is 0 Å². The first-order valence-electron chi connectivity index (χ1n) is 7.67. The molecule has 1 aromatic heterocycles. The van der Waals surface area contributed by atoms with E-state index in [1.165, 1.54) is 5.56 Å². The van der Waals surface area contributed by atoms with Gasteiger partial charge in [-0.1, -0.05) is 42.4 Å². The van der Waals surface area contributed by atoms with Crippen LogP contribution >= 0.6 is 23.4 Å². The third-order valence-electron chi connectivity index (χ3n) is 3.80. The van der Waals surface area contributed by atoms with E-state index in [4.69, 9.17) is 16.3 Å². The maximum absolute atomic E-state index is 5.92. The van der Waals surface area contributed by atoms with Gasteiger partial charge in [-0.15, -0.1) is 10.2 Å². The average molecular weight is 338 g/mol. The van der Waals surface area contributed by atoms with Crippen LogP contribution in [0, 0.1) is 0 Å². The molecule has 3 rings (SSSR count). The Labute approximate surface area is 140 Å². The van der Waals surface area contributed by atoms with Gasteiger partial charge < -0.3 is 9.30 Å². The highest BCUT2D eigenvalue weighted by Crippen LogP contribution is 2.25. The molecule has 1 fully saturated rings.